The highest BCUT2D eigenvalue weighted by molar-refractivity contribution is 8.00. The Morgan fingerprint density at radius 2 is 2.00 bits per heavy atom. The second-order valence-corrected chi connectivity index (χ2v) is 7.25. The Hall–Kier alpha value is -0.670. The van der Waals surface area contributed by atoms with Gasteiger partial charge in [-0.1, -0.05) is 18.9 Å². The zero-order chi connectivity index (χ0) is 13.2. The predicted octanol–water partition coefficient (Wildman–Crippen LogP) is 3.69. The van der Waals surface area contributed by atoms with E-state index in [2.05, 4.69) is 30.0 Å². The van der Waals surface area contributed by atoms with Crippen molar-refractivity contribution in [3.8, 4) is 5.75 Å². The van der Waals surface area contributed by atoms with Gasteiger partial charge in [0.2, 0.25) is 0 Å². The lowest BCUT2D eigenvalue weighted by Crippen LogP contribution is -2.30. The highest BCUT2D eigenvalue weighted by Crippen LogP contribution is 2.42. The van der Waals surface area contributed by atoms with E-state index >= 15 is 0 Å². The molecule has 0 saturated heterocycles. The molecule has 0 spiro atoms. The standard InChI is InChI=1S/C16H23NOS/c1-18-12-8-6-11-7-9-15(16(17)14(11)10-12)19-13-4-2-3-5-13/h6,8,10,13,15-16H,2-5,7,9,17H2,1H3. The maximum atomic E-state index is 6.52. The smallest absolute Gasteiger partial charge is 0.119 e. The quantitative estimate of drug-likeness (QED) is 0.915. The molecule has 104 valence electrons. The third-order valence-corrected chi connectivity index (χ3v) is 6.22. The van der Waals surface area contributed by atoms with Gasteiger partial charge in [-0.25, -0.2) is 0 Å². The minimum absolute atomic E-state index is 0.171. The van der Waals surface area contributed by atoms with Crippen molar-refractivity contribution in [2.75, 3.05) is 7.11 Å². The zero-order valence-corrected chi connectivity index (χ0v) is 12.4. The van der Waals surface area contributed by atoms with Crippen LogP contribution in [-0.4, -0.2) is 17.6 Å². The lowest BCUT2D eigenvalue weighted by molar-refractivity contribution is 0.412. The summed E-state index contributed by atoms with van der Waals surface area (Å²) >= 11 is 2.15. The summed E-state index contributed by atoms with van der Waals surface area (Å²) in [5, 5.41) is 1.44. The molecule has 1 aromatic rings. The molecule has 0 radical (unpaired) electrons. The fourth-order valence-electron chi connectivity index (χ4n) is 3.34. The number of thioether (sulfide) groups is 1. The Balaban J connectivity index is 1.75. The van der Waals surface area contributed by atoms with Crippen LogP contribution >= 0.6 is 11.8 Å². The average Bonchev–Trinajstić information content (AvgIpc) is 2.95. The number of ether oxygens (including phenoxy) is 1. The summed E-state index contributed by atoms with van der Waals surface area (Å²) in [6.45, 7) is 0. The van der Waals surface area contributed by atoms with Crippen LogP contribution in [0.1, 0.15) is 49.3 Å². The Morgan fingerprint density at radius 3 is 2.74 bits per heavy atom. The van der Waals surface area contributed by atoms with Gasteiger partial charge < -0.3 is 10.5 Å². The molecule has 0 heterocycles. The second kappa shape index (κ2) is 5.76. The maximum absolute atomic E-state index is 6.52. The summed E-state index contributed by atoms with van der Waals surface area (Å²) in [5.41, 5.74) is 9.24. The summed E-state index contributed by atoms with van der Waals surface area (Å²) in [6.07, 6.45) is 7.98. The van der Waals surface area contributed by atoms with Gasteiger partial charge in [-0.15, -0.1) is 0 Å². The Bertz CT molecular complexity index is 442. The lowest BCUT2D eigenvalue weighted by atomic mass is 9.87. The molecule has 1 aromatic carbocycles. The van der Waals surface area contributed by atoms with E-state index in [0.29, 0.717) is 5.25 Å². The molecule has 2 aliphatic carbocycles. The molecular weight excluding hydrogens is 254 g/mol. The van der Waals surface area contributed by atoms with Gasteiger partial charge >= 0.3 is 0 Å². The first kappa shape index (κ1) is 13.3. The molecule has 2 atom stereocenters. The van der Waals surface area contributed by atoms with Crippen molar-refractivity contribution in [1.82, 2.24) is 0 Å². The zero-order valence-electron chi connectivity index (χ0n) is 11.6. The number of hydrogen-bond donors (Lipinski definition) is 1. The molecule has 19 heavy (non-hydrogen) atoms. The van der Waals surface area contributed by atoms with Crippen LogP contribution in [0.4, 0.5) is 0 Å². The van der Waals surface area contributed by atoms with Gasteiger partial charge in [0.25, 0.3) is 0 Å². The van der Waals surface area contributed by atoms with E-state index in [4.69, 9.17) is 10.5 Å². The summed E-state index contributed by atoms with van der Waals surface area (Å²) in [6, 6.07) is 6.55. The third-order valence-electron chi connectivity index (χ3n) is 4.48. The van der Waals surface area contributed by atoms with Crippen LogP contribution in [0.15, 0.2) is 18.2 Å². The van der Waals surface area contributed by atoms with E-state index in [1.165, 1.54) is 43.2 Å². The Kier molecular flexibility index (Phi) is 4.04. The van der Waals surface area contributed by atoms with E-state index in [1.807, 2.05) is 0 Å². The van der Waals surface area contributed by atoms with Gasteiger partial charge in [0.15, 0.2) is 0 Å². The Labute approximate surface area is 120 Å². The van der Waals surface area contributed by atoms with Gasteiger partial charge in [-0.05, 0) is 48.9 Å². The number of benzene rings is 1. The fraction of sp³-hybridized carbons (Fsp3) is 0.625. The number of rotatable bonds is 3. The van der Waals surface area contributed by atoms with E-state index in [1.54, 1.807) is 7.11 Å². The van der Waals surface area contributed by atoms with Gasteiger partial charge in [0, 0.05) is 16.5 Å². The van der Waals surface area contributed by atoms with Gasteiger partial charge in [0.05, 0.1) is 7.11 Å². The molecule has 2 nitrogen and oxygen atoms in total. The monoisotopic (exact) mass is 277 g/mol. The summed E-state index contributed by atoms with van der Waals surface area (Å²) in [7, 11) is 1.72. The SMILES string of the molecule is COc1ccc2c(c1)C(N)C(SC1CCCC1)CC2. The Morgan fingerprint density at radius 1 is 1.21 bits per heavy atom. The van der Waals surface area contributed by atoms with Crippen LogP contribution in [0.2, 0.25) is 0 Å². The maximum Gasteiger partial charge on any atom is 0.119 e. The molecule has 2 N–H and O–H groups in total. The minimum atomic E-state index is 0.171. The number of aryl methyl sites for hydroxylation is 1. The van der Waals surface area contributed by atoms with E-state index in [-0.39, 0.29) is 6.04 Å². The number of methoxy groups -OCH3 is 1. The number of hydrogen-bond acceptors (Lipinski definition) is 3. The molecule has 1 saturated carbocycles. The highest BCUT2D eigenvalue weighted by Gasteiger charge is 2.30. The van der Waals surface area contributed by atoms with E-state index in [0.717, 1.165) is 17.4 Å². The van der Waals surface area contributed by atoms with Crippen molar-refractivity contribution < 1.29 is 4.74 Å². The van der Waals surface area contributed by atoms with Gasteiger partial charge in [-0.3, -0.25) is 0 Å². The molecule has 3 rings (SSSR count). The minimum Gasteiger partial charge on any atom is -0.497 e. The normalized spacial score (nSPS) is 27.3. The first-order valence-corrected chi connectivity index (χ1v) is 8.30. The molecular formula is C16H23NOS. The molecule has 0 amide bonds. The van der Waals surface area contributed by atoms with Crippen molar-refractivity contribution >= 4 is 11.8 Å². The van der Waals surface area contributed by atoms with Crippen molar-refractivity contribution in [1.29, 1.82) is 0 Å². The molecule has 0 bridgehead atoms. The van der Waals surface area contributed by atoms with Crippen LogP contribution in [0.5, 0.6) is 5.75 Å². The van der Waals surface area contributed by atoms with Crippen molar-refractivity contribution in [3.63, 3.8) is 0 Å². The largest absolute Gasteiger partial charge is 0.497 e. The molecule has 3 heteroatoms. The predicted molar refractivity (Wildman–Crippen MR) is 81.9 cm³/mol. The van der Waals surface area contributed by atoms with Crippen LogP contribution in [0.3, 0.4) is 0 Å². The van der Waals surface area contributed by atoms with Gasteiger partial charge in [0.1, 0.15) is 5.75 Å². The molecule has 0 aromatic heterocycles. The topological polar surface area (TPSA) is 35.2 Å². The second-order valence-electron chi connectivity index (χ2n) is 5.71. The average molecular weight is 277 g/mol. The third kappa shape index (κ3) is 2.77. The van der Waals surface area contributed by atoms with E-state index < -0.39 is 0 Å². The fourth-order valence-corrected chi connectivity index (χ4v) is 5.01. The molecule has 2 aliphatic rings. The lowest BCUT2D eigenvalue weighted by Gasteiger charge is -2.32. The van der Waals surface area contributed by atoms with Crippen LogP contribution in [-0.2, 0) is 6.42 Å². The van der Waals surface area contributed by atoms with Crippen molar-refractivity contribution in [3.05, 3.63) is 29.3 Å². The summed E-state index contributed by atoms with van der Waals surface area (Å²) in [5.74, 6) is 0.931. The molecule has 0 aliphatic heterocycles. The van der Waals surface area contributed by atoms with Crippen LogP contribution < -0.4 is 10.5 Å². The molecule has 1 fully saturated rings. The van der Waals surface area contributed by atoms with Crippen molar-refractivity contribution in [2.24, 2.45) is 5.73 Å². The van der Waals surface area contributed by atoms with Crippen molar-refractivity contribution in [2.45, 2.75) is 55.1 Å². The number of fused-ring (bicyclic) bond motifs is 1. The van der Waals surface area contributed by atoms with Crippen LogP contribution in [0.25, 0.3) is 0 Å². The summed E-state index contributed by atoms with van der Waals surface area (Å²) in [4.78, 5) is 0. The first-order valence-electron chi connectivity index (χ1n) is 7.36. The highest BCUT2D eigenvalue weighted by atomic mass is 32.2. The first-order chi connectivity index (χ1) is 9.28. The summed E-state index contributed by atoms with van der Waals surface area (Å²) < 4.78 is 5.33. The van der Waals surface area contributed by atoms with Gasteiger partial charge in [-0.2, -0.15) is 11.8 Å². The molecule has 2 unspecified atom stereocenters. The van der Waals surface area contributed by atoms with E-state index in [9.17, 15) is 0 Å². The number of nitrogens with two attached hydrogens (primary N) is 1. The van der Waals surface area contributed by atoms with Crippen LogP contribution in [0, 0.1) is 0 Å².